The summed E-state index contributed by atoms with van der Waals surface area (Å²) in [6, 6.07) is 37.0. The molecule has 1 aromatic heterocycles. The second-order valence-electron chi connectivity index (χ2n) is 9.58. The molecule has 0 amide bonds. The Balaban J connectivity index is 1.49. The van der Waals surface area contributed by atoms with E-state index >= 15 is 0 Å². The van der Waals surface area contributed by atoms with Crippen LogP contribution < -0.4 is 21.7 Å². The number of nitrogens with zero attached hydrogens (tertiary/aromatic N) is 2. The number of nitrogen functional groups attached to an aromatic ring is 2. The van der Waals surface area contributed by atoms with E-state index in [0.29, 0.717) is 24.7 Å². The highest BCUT2D eigenvalue weighted by Gasteiger charge is 2.16. The highest BCUT2D eigenvalue weighted by molar-refractivity contribution is 7.90. The first-order valence-corrected chi connectivity index (χ1v) is 14.7. The van der Waals surface area contributed by atoms with Crippen LogP contribution in [0.1, 0.15) is 11.1 Å². The fraction of sp³-hybridized carbons (Fsp3) is 0.0938. The van der Waals surface area contributed by atoms with Crippen LogP contribution in [-0.4, -0.2) is 19.7 Å². The number of sulfone groups is 1. The topological polar surface area (TPSA) is 114 Å². The molecule has 0 fully saturated rings. The average Bonchev–Trinajstić information content (AvgIpc) is 2.95. The highest BCUT2D eigenvalue weighted by Crippen LogP contribution is 2.36. The Morgan fingerprint density at radius 3 is 1.88 bits per heavy atom. The zero-order chi connectivity index (χ0) is 28.1. The van der Waals surface area contributed by atoms with Crippen molar-refractivity contribution in [3.05, 3.63) is 126 Å². The number of anilines is 5. The highest BCUT2D eigenvalue weighted by atomic mass is 32.2. The minimum atomic E-state index is -3.29. The molecule has 0 aliphatic rings. The summed E-state index contributed by atoms with van der Waals surface area (Å²) in [5.74, 6) is 0.695. The van der Waals surface area contributed by atoms with E-state index in [0.717, 1.165) is 39.3 Å². The summed E-state index contributed by atoms with van der Waals surface area (Å²) in [6.45, 7) is 1.22. The minimum absolute atomic E-state index is 0.285. The third kappa shape index (κ3) is 6.24. The van der Waals surface area contributed by atoms with Gasteiger partial charge in [-0.1, -0.05) is 72.8 Å². The van der Waals surface area contributed by atoms with Gasteiger partial charge in [-0.05, 0) is 53.1 Å². The number of hydrogen-bond donors (Lipinski definition) is 3. The van der Waals surface area contributed by atoms with Gasteiger partial charge in [0.05, 0.1) is 4.90 Å². The van der Waals surface area contributed by atoms with Crippen LogP contribution in [0.2, 0.25) is 0 Å². The summed E-state index contributed by atoms with van der Waals surface area (Å²) >= 11 is 0. The Morgan fingerprint density at radius 1 is 0.750 bits per heavy atom. The van der Waals surface area contributed by atoms with Crippen LogP contribution in [0.25, 0.3) is 11.1 Å². The van der Waals surface area contributed by atoms with Gasteiger partial charge in [0.2, 0.25) is 0 Å². The summed E-state index contributed by atoms with van der Waals surface area (Å²) in [4.78, 5) is 6.74. The first-order valence-electron chi connectivity index (χ1n) is 12.8. The monoisotopic (exact) mass is 549 g/mol. The van der Waals surface area contributed by atoms with Crippen molar-refractivity contribution >= 4 is 38.5 Å². The molecule has 0 saturated heterocycles. The van der Waals surface area contributed by atoms with Crippen molar-refractivity contribution < 1.29 is 8.42 Å². The van der Waals surface area contributed by atoms with E-state index in [1.165, 1.54) is 6.26 Å². The number of benzene rings is 4. The van der Waals surface area contributed by atoms with Crippen LogP contribution in [0.3, 0.4) is 0 Å². The predicted octanol–water partition coefficient (Wildman–Crippen LogP) is 6.27. The van der Waals surface area contributed by atoms with E-state index in [9.17, 15) is 8.42 Å². The van der Waals surface area contributed by atoms with Gasteiger partial charge in [0.1, 0.15) is 11.6 Å². The fourth-order valence-corrected chi connectivity index (χ4v) is 5.23. The standard InChI is InChI=1S/C32H31N5O2S/c1-40(38,39)28-18-16-27(17-19-28)37(22-24-10-6-3-7-11-24)26-14-12-25(13-15-26)31-29(20-30(33)36-32(31)34)35-21-23-8-4-2-5-9-23/h2-20H,21-22H2,1H3,(H5,33,34,35,36). The molecular weight excluding hydrogens is 518 g/mol. The lowest BCUT2D eigenvalue weighted by atomic mass is 10.0. The predicted molar refractivity (Wildman–Crippen MR) is 164 cm³/mol. The smallest absolute Gasteiger partial charge is 0.175 e. The van der Waals surface area contributed by atoms with Gasteiger partial charge in [0, 0.05) is 48.0 Å². The van der Waals surface area contributed by atoms with Crippen LogP contribution in [0.4, 0.5) is 28.7 Å². The Hall–Kier alpha value is -4.82. The molecule has 0 radical (unpaired) electrons. The lowest BCUT2D eigenvalue weighted by Gasteiger charge is -2.26. The van der Waals surface area contributed by atoms with Crippen LogP contribution in [0, 0.1) is 0 Å². The second-order valence-corrected chi connectivity index (χ2v) is 11.6. The van der Waals surface area contributed by atoms with Gasteiger partial charge < -0.3 is 21.7 Å². The maximum atomic E-state index is 12.0. The van der Waals surface area contributed by atoms with E-state index in [-0.39, 0.29) is 4.90 Å². The van der Waals surface area contributed by atoms with Crippen LogP contribution in [0.15, 0.2) is 120 Å². The Morgan fingerprint density at radius 2 is 1.30 bits per heavy atom. The van der Waals surface area contributed by atoms with E-state index in [1.807, 2.05) is 72.8 Å². The Bertz CT molecular complexity index is 1690. The van der Waals surface area contributed by atoms with Gasteiger partial charge in [0.25, 0.3) is 0 Å². The van der Waals surface area contributed by atoms with Crippen LogP contribution >= 0.6 is 0 Å². The molecule has 5 rings (SSSR count). The largest absolute Gasteiger partial charge is 0.384 e. The molecule has 0 bridgehead atoms. The normalized spacial score (nSPS) is 11.2. The van der Waals surface area contributed by atoms with Crippen molar-refractivity contribution in [2.24, 2.45) is 0 Å². The van der Waals surface area contributed by atoms with E-state index < -0.39 is 9.84 Å². The Kier molecular flexibility index (Phi) is 7.70. The lowest BCUT2D eigenvalue weighted by molar-refractivity contribution is 0.602. The van der Waals surface area contributed by atoms with Gasteiger partial charge in [-0.25, -0.2) is 13.4 Å². The minimum Gasteiger partial charge on any atom is -0.384 e. The number of nitrogens with one attached hydrogen (secondary N) is 1. The van der Waals surface area contributed by atoms with Crippen molar-refractivity contribution in [3.63, 3.8) is 0 Å². The Labute approximate surface area is 235 Å². The molecule has 40 heavy (non-hydrogen) atoms. The number of pyridine rings is 1. The molecule has 5 aromatic rings. The second kappa shape index (κ2) is 11.5. The maximum absolute atomic E-state index is 12.0. The molecule has 4 aromatic carbocycles. The molecule has 0 saturated carbocycles. The number of nitrogens with two attached hydrogens (primary N) is 2. The molecule has 0 spiro atoms. The molecule has 0 aliphatic heterocycles. The zero-order valence-electron chi connectivity index (χ0n) is 22.2. The first kappa shape index (κ1) is 26.8. The molecule has 0 atom stereocenters. The molecule has 5 N–H and O–H groups in total. The van der Waals surface area contributed by atoms with Gasteiger partial charge in [-0.2, -0.15) is 0 Å². The van der Waals surface area contributed by atoms with Gasteiger partial charge in [-0.3, -0.25) is 0 Å². The molecule has 202 valence electrons. The first-order chi connectivity index (χ1) is 19.3. The molecular formula is C32H31N5O2S. The molecule has 0 unspecified atom stereocenters. The van der Waals surface area contributed by atoms with Gasteiger partial charge in [-0.15, -0.1) is 0 Å². The van der Waals surface area contributed by atoms with E-state index in [2.05, 4.69) is 39.5 Å². The van der Waals surface area contributed by atoms with Gasteiger partial charge >= 0.3 is 0 Å². The van der Waals surface area contributed by atoms with Gasteiger partial charge in [0.15, 0.2) is 9.84 Å². The lowest BCUT2D eigenvalue weighted by Crippen LogP contribution is -2.16. The number of aromatic nitrogens is 1. The van der Waals surface area contributed by atoms with Crippen molar-refractivity contribution in [2.75, 3.05) is 27.9 Å². The van der Waals surface area contributed by atoms with E-state index in [4.69, 9.17) is 11.5 Å². The molecule has 7 nitrogen and oxygen atoms in total. The third-order valence-corrected chi connectivity index (χ3v) is 7.75. The SMILES string of the molecule is CS(=O)(=O)c1ccc(N(Cc2ccccc2)c2ccc(-c3c(NCc4ccccc4)cc(N)nc3N)cc2)cc1. The van der Waals surface area contributed by atoms with Crippen LogP contribution in [0.5, 0.6) is 0 Å². The van der Waals surface area contributed by atoms with Crippen molar-refractivity contribution in [3.8, 4) is 11.1 Å². The number of hydrogen-bond acceptors (Lipinski definition) is 7. The summed E-state index contributed by atoms with van der Waals surface area (Å²) in [5, 5.41) is 3.46. The summed E-state index contributed by atoms with van der Waals surface area (Å²) < 4.78 is 24.0. The molecule has 0 aliphatic carbocycles. The summed E-state index contributed by atoms with van der Waals surface area (Å²) in [7, 11) is -3.29. The maximum Gasteiger partial charge on any atom is 0.175 e. The summed E-state index contributed by atoms with van der Waals surface area (Å²) in [5.41, 5.74) is 19.0. The molecule has 1 heterocycles. The summed E-state index contributed by atoms with van der Waals surface area (Å²) in [6.07, 6.45) is 1.21. The van der Waals surface area contributed by atoms with Crippen LogP contribution in [-0.2, 0) is 22.9 Å². The zero-order valence-corrected chi connectivity index (χ0v) is 23.0. The average molecular weight is 550 g/mol. The fourth-order valence-electron chi connectivity index (χ4n) is 4.60. The third-order valence-electron chi connectivity index (χ3n) is 6.62. The quantitative estimate of drug-likeness (QED) is 0.199. The molecule has 8 heteroatoms. The van der Waals surface area contributed by atoms with Crippen molar-refractivity contribution in [1.82, 2.24) is 4.98 Å². The van der Waals surface area contributed by atoms with Crippen molar-refractivity contribution in [1.29, 1.82) is 0 Å². The number of rotatable bonds is 9. The van der Waals surface area contributed by atoms with E-state index in [1.54, 1.807) is 18.2 Å². The van der Waals surface area contributed by atoms with Crippen molar-refractivity contribution in [2.45, 2.75) is 18.0 Å².